The van der Waals surface area contributed by atoms with Crippen molar-refractivity contribution in [1.29, 1.82) is 0 Å². The van der Waals surface area contributed by atoms with E-state index in [-0.39, 0.29) is 5.97 Å². The van der Waals surface area contributed by atoms with Crippen molar-refractivity contribution < 1.29 is 9.53 Å². The van der Waals surface area contributed by atoms with Crippen molar-refractivity contribution in [2.45, 2.75) is 19.8 Å². The smallest absolute Gasteiger partial charge is 0.305 e. The lowest BCUT2D eigenvalue weighted by atomic mass is 10.1. The van der Waals surface area contributed by atoms with Gasteiger partial charge in [-0.15, -0.1) is 0 Å². The number of hydrogen-bond donors (Lipinski definition) is 0. The fourth-order valence-corrected chi connectivity index (χ4v) is 2.37. The normalized spacial score (nSPS) is 10.5. The molecule has 0 saturated heterocycles. The van der Waals surface area contributed by atoms with E-state index in [1.165, 1.54) is 29.6 Å². The number of carbonyl (C=O) groups is 1. The van der Waals surface area contributed by atoms with Crippen LogP contribution in [0.2, 0.25) is 0 Å². The lowest BCUT2D eigenvalue weighted by molar-refractivity contribution is -0.140. The van der Waals surface area contributed by atoms with Crippen molar-refractivity contribution in [3.05, 3.63) is 47.7 Å². The molecule has 3 heteroatoms. The van der Waals surface area contributed by atoms with Gasteiger partial charge in [-0.3, -0.25) is 4.79 Å². The van der Waals surface area contributed by atoms with E-state index >= 15 is 0 Å². The first kappa shape index (κ1) is 13.4. The third kappa shape index (κ3) is 2.87. The zero-order chi connectivity index (χ0) is 13.8. The van der Waals surface area contributed by atoms with Crippen molar-refractivity contribution in [1.82, 2.24) is 4.57 Å². The summed E-state index contributed by atoms with van der Waals surface area (Å²) in [5.74, 6) is -0.165. The molecule has 1 aromatic heterocycles. The summed E-state index contributed by atoms with van der Waals surface area (Å²) in [6, 6.07) is 12.4. The van der Waals surface area contributed by atoms with E-state index in [1.807, 2.05) is 25.2 Å². The lowest BCUT2D eigenvalue weighted by Gasteiger charge is -2.08. The third-order valence-electron chi connectivity index (χ3n) is 3.44. The number of rotatable bonds is 4. The van der Waals surface area contributed by atoms with Gasteiger partial charge in [0, 0.05) is 18.4 Å². The number of hydrogen-bond acceptors (Lipinski definition) is 2. The molecule has 3 nitrogen and oxygen atoms in total. The molecule has 0 bridgehead atoms. The Balaban J connectivity index is 2.27. The van der Waals surface area contributed by atoms with Crippen LogP contribution in [0.3, 0.4) is 0 Å². The third-order valence-corrected chi connectivity index (χ3v) is 3.44. The summed E-state index contributed by atoms with van der Waals surface area (Å²) in [5.41, 5.74) is 4.77. The van der Waals surface area contributed by atoms with Crippen LogP contribution in [0.15, 0.2) is 36.4 Å². The van der Waals surface area contributed by atoms with Crippen molar-refractivity contribution in [2.24, 2.45) is 7.05 Å². The summed E-state index contributed by atoms with van der Waals surface area (Å²) >= 11 is 0. The number of methoxy groups -OCH3 is 1. The molecule has 0 N–H and O–H groups in total. The number of esters is 1. The van der Waals surface area contributed by atoms with Crippen LogP contribution in [0.5, 0.6) is 0 Å². The summed E-state index contributed by atoms with van der Waals surface area (Å²) in [4.78, 5) is 11.3. The Bertz CT molecular complexity index is 570. The van der Waals surface area contributed by atoms with Gasteiger partial charge in [0.25, 0.3) is 0 Å². The number of nitrogens with zero attached hydrogens (tertiary/aromatic N) is 1. The highest BCUT2D eigenvalue weighted by atomic mass is 16.5. The van der Waals surface area contributed by atoms with Crippen LogP contribution in [0.4, 0.5) is 0 Å². The first-order chi connectivity index (χ1) is 9.13. The average molecular weight is 257 g/mol. The zero-order valence-electron chi connectivity index (χ0n) is 11.6. The van der Waals surface area contributed by atoms with Gasteiger partial charge in [-0.25, -0.2) is 0 Å². The molecule has 0 aliphatic rings. The highest BCUT2D eigenvalue weighted by molar-refractivity contribution is 5.70. The van der Waals surface area contributed by atoms with Crippen molar-refractivity contribution in [2.75, 3.05) is 7.11 Å². The van der Waals surface area contributed by atoms with Crippen molar-refractivity contribution in [3.8, 4) is 11.3 Å². The van der Waals surface area contributed by atoms with Gasteiger partial charge in [0.2, 0.25) is 0 Å². The minimum atomic E-state index is -0.165. The summed E-state index contributed by atoms with van der Waals surface area (Å²) in [6.07, 6.45) is 1.13. The Morgan fingerprint density at radius 3 is 2.58 bits per heavy atom. The van der Waals surface area contributed by atoms with Crippen LogP contribution < -0.4 is 0 Å². The number of carbonyl (C=O) groups excluding carboxylic acids is 1. The van der Waals surface area contributed by atoms with E-state index in [2.05, 4.69) is 29.7 Å². The van der Waals surface area contributed by atoms with Gasteiger partial charge in [0.15, 0.2) is 0 Å². The number of aromatic nitrogens is 1. The Morgan fingerprint density at radius 2 is 1.95 bits per heavy atom. The van der Waals surface area contributed by atoms with E-state index < -0.39 is 0 Å². The second kappa shape index (κ2) is 5.74. The van der Waals surface area contributed by atoms with E-state index in [9.17, 15) is 4.79 Å². The maximum atomic E-state index is 11.3. The van der Waals surface area contributed by atoms with Crippen LogP contribution in [0, 0.1) is 6.92 Å². The fourth-order valence-electron chi connectivity index (χ4n) is 2.37. The summed E-state index contributed by atoms with van der Waals surface area (Å²) in [7, 11) is 3.47. The first-order valence-corrected chi connectivity index (χ1v) is 6.41. The Hall–Kier alpha value is -2.03. The van der Waals surface area contributed by atoms with Gasteiger partial charge in [0.05, 0.1) is 13.5 Å². The van der Waals surface area contributed by atoms with E-state index in [0.29, 0.717) is 12.8 Å². The molecular formula is C16H19NO2. The first-order valence-electron chi connectivity index (χ1n) is 6.41. The fraction of sp³-hybridized carbons (Fsp3) is 0.312. The minimum Gasteiger partial charge on any atom is -0.469 e. The molecular weight excluding hydrogens is 238 g/mol. The van der Waals surface area contributed by atoms with Gasteiger partial charge in [-0.2, -0.15) is 0 Å². The predicted molar refractivity (Wildman–Crippen MR) is 75.9 cm³/mol. The Morgan fingerprint density at radius 1 is 1.26 bits per heavy atom. The Kier molecular flexibility index (Phi) is 4.05. The molecule has 2 aromatic rings. The predicted octanol–water partition coefficient (Wildman–Crippen LogP) is 3.11. The summed E-state index contributed by atoms with van der Waals surface area (Å²) < 4.78 is 6.86. The monoisotopic (exact) mass is 257 g/mol. The quantitative estimate of drug-likeness (QED) is 0.788. The van der Waals surface area contributed by atoms with Crippen LogP contribution in [0.25, 0.3) is 11.3 Å². The molecule has 0 atom stereocenters. The lowest BCUT2D eigenvalue weighted by Crippen LogP contribution is -2.06. The van der Waals surface area contributed by atoms with Gasteiger partial charge in [0.1, 0.15) is 0 Å². The van der Waals surface area contributed by atoms with Crippen LogP contribution in [-0.2, 0) is 23.0 Å². The summed E-state index contributed by atoms with van der Waals surface area (Å²) in [5, 5.41) is 0. The molecule has 2 rings (SSSR count). The molecule has 1 heterocycles. The largest absolute Gasteiger partial charge is 0.469 e. The molecule has 0 radical (unpaired) electrons. The highest BCUT2D eigenvalue weighted by Crippen LogP contribution is 2.25. The maximum Gasteiger partial charge on any atom is 0.305 e. The van der Waals surface area contributed by atoms with Crippen LogP contribution in [-0.4, -0.2) is 17.6 Å². The molecule has 100 valence electrons. The number of ether oxygens (including phenoxy) is 1. The second-order valence-electron chi connectivity index (χ2n) is 4.66. The second-order valence-corrected chi connectivity index (χ2v) is 4.66. The standard InChI is InChI=1S/C16H19NO2/c1-12-11-15(13-7-5-4-6-8-13)17(2)14(12)9-10-16(18)19-3/h4-8,11H,9-10H2,1-3H3. The van der Waals surface area contributed by atoms with Crippen molar-refractivity contribution in [3.63, 3.8) is 0 Å². The van der Waals surface area contributed by atoms with Crippen LogP contribution in [0.1, 0.15) is 17.7 Å². The highest BCUT2D eigenvalue weighted by Gasteiger charge is 2.12. The van der Waals surface area contributed by atoms with E-state index in [4.69, 9.17) is 4.74 Å². The molecule has 0 fully saturated rings. The molecule has 0 amide bonds. The summed E-state index contributed by atoms with van der Waals surface area (Å²) in [6.45, 7) is 2.08. The zero-order valence-corrected chi connectivity index (χ0v) is 11.6. The molecule has 19 heavy (non-hydrogen) atoms. The Labute approximate surface area is 113 Å². The van der Waals surface area contributed by atoms with Gasteiger partial charge in [-0.1, -0.05) is 30.3 Å². The van der Waals surface area contributed by atoms with Crippen LogP contribution >= 0.6 is 0 Å². The van der Waals surface area contributed by atoms with Gasteiger partial charge in [-0.05, 0) is 30.5 Å². The molecule has 0 spiro atoms. The molecule has 0 aliphatic heterocycles. The molecule has 0 aliphatic carbocycles. The van der Waals surface area contributed by atoms with E-state index in [0.717, 1.165) is 0 Å². The number of benzene rings is 1. The van der Waals surface area contributed by atoms with Crippen molar-refractivity contribution >= 4 is 5.97 Å². The number of aryl methyl sites for hydroxylation is 1. The molecule has 1 aromatic carbocycles. The topological polar surface area (TPSA) is 31.2 Å². The maximum absolute atomic E-state index is 11.3. The molecule has 0 saturated carbocycles. The molecule has 0 unspecified atom stereocenters. The minimum absolute atomic E-state index is 0.165. The average Bonchev–Trinajstić information content (AvgIpc) is 2.72. The SMILES string of the molecule is COC(=O)CCc1c(C)cc(-c2ccccc2)n1C. The van der Waals surface area contributed by atoms with E-state index in [1.54, 1.807) is 0 Å². The van der Waals surface area contributed by atoms with Gasteiger partial charge >= 0.3 is 5.97 Å². The van der Waals surface area contributed by atoms with Gasteiger partial charge < -0.3 is 9.30 Å².